The number of carbonyl (C=O) groups is 2. The van der Waals surface area contributed by atoms with Crippen molar-refractivity contribution in [2.45, 2.75) is 6.54 Å². The fraction of sp³-hybridized carbons (Fsp3) is 0.111. The van der Waals surface area contributed by atoms with Crippen molar-refractivity contribution in [3.8, 4) is 0 Å². The van der Waals surface area contributed by atoms with Crippen LogP contribution >= 0.6 is 15.9 Å². The Labute approximate surface area is 141 Å². The molecule has 116 valence electrons. The van der Waals surface area contributed by atoms with Crippen molar-refractivity contribution in [2.24, 2.45) is 0 Å². The number of aldehydes is 1. The number of nitrogens with zero attached hydrogens (tertiary/aromatic N) is 1. The van der Waals surface area contributed by atoms with E-state index in [9.17, 15) is 9.59 Å². The van der Waals surface area contributed by atoms with Gasteiger partial charge in [-0.1, -0.05) is 52.3 Å². The van der Waals surface area contributed by atoms with Crippen LogP contribution in [0, 0.1) is 0 Å². The maximum Gasteiger partial charge on any atom is 0.355 e. The molecule has 1 aromatic heterocycles. The van der Waals surface area contributed by atoms with Gasteiger partial charge in [0.05, 0.1) is 12.7 Å². The van der Waals surface area contributed by atoms with Gasteiger partial charge in [-0.15, -0.1) is 0 Å². The molecule has 0 unspecified atom stereocenters. The molecule has 4 nitrogen and oxygen atoms in total. The Morgan fingerprint density at radius 1 is 1.17 bits per heavy atom. The van der Waals surface area contributed by atoms with E-state index in [2.05, 4.69) is 15.9 Å². The van der Waals surface area contributed by atoms with E-state index in [0.29, 0.717) is 18.4 Å². The summed E-state index contributed by atoms with van der Waals surface area (Å²) in [6.07, 6.45) is 0.713. The van der Waals surface area contributed by atoms with Gasteiger partial charge in [0.15, 0.2) is 6.29 Å². The van der Waals surface area contributed by atoms with Crippen molar-refractivity contribution in [1.29, 1.82) is 0 Å². The Kier molecular flexibility index (Phi) is 4.30. The van der Waals surface area contributed by atoms with E-state index >= 15 is 0 Å². The lowest BCUT2D eigenvalue weighted by Crippen LogP contribution is -2.13. The van der Waals surface area contributed by atoms with Gasteiger partial charge in [-0.3, -0.25) is 4.79 Å². The molecule has 3 aromatic rings. The van der Waals surface area contributed by atoms with Gasteiger partial charge in [-0.2, -0.15) is 0 Å². The Morgan fingerprint density at radius 2 is 1.87 bits per heavy atom. The molecule has 0 aliphatic heterocycles. The molecule has 0 atom stereocenters. The van der Waals surface area contributed by atoms with Crippen LogP contribution < -0.4 is 0 Å². The maximum absolute atomic E-state index is 12.2. The molecule has 0 saturated carbocycles. The van der Waals surface area contributed by atoms with Gasteiger partial charge in [0, 0.05) is 21.9 Å². The third-order valence-corrected chi connectivity index (χ3v) is 4.57. The standard InChI is InChI=1S/C18H14BrNO3/c1-23-18(22)17-14(11-21)13-7-3-5-9-16(13)20(17)10-12-6-2-4-8-15(12)19/h2-9,11H,10H2,1H3. The summed E-state index contributed by atoms with van der Waals surface area (Å²) in [5.74, 6) is -0.518. The van der Waals surface area contributed by atoms with Crippen LogP contribution in [0.4, 0.5) is 0 Å². The summed E-state index contributed by atoms with van der Waals surface area (Å²) in [5.41, 5.74) is 2.47. The lowest BCUT2D eigenvalue weighted by molar-refractivity contribution is 0.0587. The summed E-state index contributed by atoms with van der Waals surface area (Å²) in [6, 6.07) is 15.2. The van der Waals surface area contributed by atoms with Crippen LogP contribution in [0.15, 0.2) is 53.0 Å². The molecule has 2 aromatic carbocycles. The monoisotopic (exact) mass is 371 g/mol. The summed E-state index contributed by atoms with van der Waals surface area (Å²) in [6.45, 7) is 0.459. The van der Waals surface area contributed by atoms with Crippen LogP contribution in [0.1, 0.15) is 26.4 Å². The van der Waals surface area contributed by atoms with E-state index in [-0.39, 0.29) is 5.69 Å². The number of fused-ring (bicyclic) bond motifs is 1. The predicted molar refractivity (Wildman–Crippen MR) is 91.9 cm³/mol. The second-order valence-electron chi connectivity index (χ2n) is 5.07. The SMILES string of the molecule is COC(=O)c1c(C=O)c2ccccc2n1Cc1ccccc1Br. The highest BCUT2D eigenvalue weighted by Crippen LogP contribution is 2.28. The number of ether oxygens (including phenoxy) is 1. The zero-order valence-electron chi connectivity index (χ0n) is 12.5. The molecule has 0 fully saturated rings. The summed E-state index contributed by atoms with van der Waals surface area (Å²) in [5, 5.41) is 0.745. The molecule has 0 spiro atoms. The van der Waals surface area contributed by atoms with E-state index in [1.54, 1.807) is 0 Å². The van der Waals surface area contributed by atoms with Gasteiger partial charge in [0.2, 0.25) is 0 Å². The van der Waals surface area contributed by atoms with Crippen LogP contribution in [0.5, 0.6) is 0 Å². The van der Waals surface area contributed by atoms with E-state index in [1.165, 1.54) is 7.11 Å². The highest BCUT2D eigenvalue weighted by molar-refractivity contribution is 9.10. The smallest absolute Gasteiger partial charge is 0.355 e. The normalized spacial score (nSPS) is 10.7. The molecular weight excluding hydrogens is 358 g/mol. The number of methoxy groups -OCH3 is 1. The van der Waals surface area contributed by atoms with Crippen LogP contribution in [-0.2, 0) is 11.3 Å². The first kappa shape index (κ1) is 15.5. The number of halogens is 1. The van der Waals surface area contributed by atoms with Gasteiger partial charge < -0.3 is 9.30 Å². The summed E-state index contributed by atoms with van der Waals surface area (Å²) >= 11 is 3.52. The van der Waals surface area contributed by atoms with Crippen molar-refractivity contribution in [1.82, 2.24) is 4.57 Å². The summed E-state index contributed by atoms with van der Waals surface area (Å²) in [7, 11) is 1.32. The average Bonchev–Trinajstić information content (AvgIpc) is 2.90. The molecule has 5 heteroatoms. The molecule has 0 N–H and O–H groups in total. The van der Waals surface area contributed by atoms with Crippen LogP contribution in [0.3, 0.4) is 0 Å². The lowest BCUT2D eigenvalue weighted by Gasteiger charge is -2.11. The van der Waals surface area contributed by atoms with Crippen molar-refractivity contribution >= 4 is 39.1 Å². The topological polar surface area (TPSA) is 48.3 Å². The average molecular weight is 372 g/mol. The second kappa shape index (κ2) is 6.38. The minimum absolute atomic E-state index is 0.277. The van der Waals surface area contributed by atoms with Crippen LogP contribution in [0.2, 0.25) is 0 Å². The second-order valence-corrected chi connectivity index (χ2v) is 5.92. The van der Waals surface area contributed by atoms with Crippen molar-refractivity contribution in [3.05, 3.63) is 69.8 Å². The quantitative estimate of drug-likeness (QED) is 0.513. The largest absolute Gasteiger partial charge is 0.464 e. The first-order valence-electron chi connectivity index (χ1n) is 7.05. The minimum Gasteiger partial charge on any atom is -0.464 e. The zero-order valence-corrected chi connectivity index (χ0v) is 14.0. The van der Waals surface area contributed by atoms with Gasteiger partial charge in [0.1, 0.15) is 5.69 Å². The molecule has 0 bridgehead atoms. The molecule has 0 amide bonds. The Hall–Kier alpha value is -2.40. The molecule has 0 aliphatic rings. The van der Waals surface area contributed by atoms with E-state index < -0.39 is 5.97 Å². The predicted octanol–water partition coefficient (Wildman–Crippen LogP) is 4.05. The minimum atomic E-state index is -0.518. The lowest BCUT2D eigenvalue weighted by atomic mass is 10.1. The van der Waals surface area contributed by atoms with Crippen LogP contribution in [0.25, 0.3) is 10.9 Å². The zero-order chi connectivity index (χ0) is 16.4. The molecular formula is C18H14BrNO3. The van der Waals surface area contributed by atoms with Gasteiger partial charge in [0.25, 0.3) is 0 Å². The molecule has 0 radical (unpaired) electrons. The number of para-hydroxylation sites is 1. The van der Waals surface area contributed by atoms with E-state index in [1.807, 2.05) is 53.1 Å². The first-order valence-corrected chi connectivity index (χ1v) is 7.84. The molecule has 23 heavy (non-hydrogen) atoms. The number of esters is 1. The van der Waals surface area contributed by atoms with Crippen molar-refractivity contribution in [3.63, 3.8) is 0 Å². The van der Waals surface area contributed by atoms with E-state index in [4.69, 9.17) is 4.74 Å². The first-order chi connectivity index (χ1) is 11.2. The highest BCUT2D eigenvalue weighted by atomic mass is 79.9. The molecule has 3 rings (SSSR count). The number of benzene rings is 2. The molecule has 0 saturated heterocycles. The summed E-state index contributed by atoms with van der Waals surface area (Å²) < 4.78 is 7.66. The van der Waals surface area contributed by atoms with Crippen molar-refractivity contribution in [2.75, 3.05) is 7.11 Å². The highest BCUT2D eigenvalue weighted by Gasteiger charge is 2.23. The van der Waals surface area contributed by atoms with Gasteiger partial charge >= 0.3 is 5.97 Å². The molecule has 1 heterocycles. The van der Waals surface area contributed by atoms with Crippen LogP contribution in [-0.4, -0.2) is 23.9 Å². The molecule has 0 aliphatic carbocycles. The van der Waals surface area contributed by atoms with E-state index in [0.717, 1.165) is 20.9 Å². The number of aromatic nitrogens is 1. The Morgan fingerprint density at radius 3 is 2.57 bits per heavy atom. The third kappa shape index (κ3) is 2.68. The number of hydrogen-bond donors (Lipinski definition) is 0. The van der Waals surface area contributed by atoms with Gasteiger partial charge in [-0.05, 0) is 17.7 Å². The number of rotatable bonds is 4. The number of hydrogen-bond acceptors (Lipinski definition) is 3. The van der Waals surface area contributed by atoms with Gasteiger partial charge in [-0.25, -0.2) is 4.79 Å². The van der Waals surface area contributed by atoms with Crippen molar-refractivity contribution < 1.29 is 14.3 Å². The summed E-state index contributed by atoms with van der Waals surface area (Å²) in [4.78, 5) is 23.8. The fourth-order valence-corrected chi connectivity index (χ4v) is 3.14. The number of carbonyl (C=O) groups excluding carboxylic acids is 2. The Balaban J connectivity index is 2.28. The fourth-order valence-electron chi connectivity index (χ4n) is 2.73. The third-order valence-electron chi connectivity index (χ3n) is 3.79. The maximum atomic E-state index is 12.2. The Bertz CT molecular complexity index is 898.